The highest BCUT2D eigenvalue weighted by Crippen LogP contribution is 2.32. The van der Waals surface area contributed by atoms with Gasteiger partial charge in [-0.3, -0.25) is 14.7 Å². The second-order valence-corrected chi connectivity index (χ2v) is 7.66. The number of carbonyl (C=O) groups is 1. The quantitative estimate of drug-likeness (QED) is 0.866. The summed E-state index contributed by atoms with van der Waals surface area (Å²) in [4.78, 5) is 18.5. The van der Waals surface area contributed by atoms with Crippen LogP contribution in [0, 0.1) is 12.8 Å². The number of rotatable bonds is 5. The van der Waals surface area contributed by atoms with Crippen molar-refractivity contribution in [3.8, 4) is 0 Å². The molecule has 1 aromatic heterocycles. The average molecular weight is 352 g/mol. The van der Waals surface area contributed by atoms with Crippen molar-refractivity contribution in [2.24, 2.45) is 5.92 Å². The van der Waals surface area contributed by atoms with Crippen LogP contribution in [-0.4, -0.2) is 34.0 Å². The number of carboxylic acid groups (broad SMARTS) is 1. The molecule has 0 amide bonds. The van der Waals surface area contributed by atoms with Crippen molar-refractivity contribution in [2.75, 3.05) is 13.1 Å². The molecule has 0 bridgehead atoms. The summed E-state index contributed by atoms with van der Waals surface area (Å²) in [7, 11) is 0. The molecule has 1 aliphatic rings. The Kier molecular flexibility index (Phi) is 5.72. The van der Waals surface area contributed by atoms with E-state index < -0.39 is 5.97 Å². The van der Waals surface area contributed by atoms with Gasteiger partial charge in [0.25, 0.3) is 0 Å². The molecule has 0 aliphatic carbocycles. The highest BCUT2D eigenvalue weighted by Gasteiger charge is 2.31. The highest BCUT2D eigenvalue weighted by atomic mass is 16.4. The Hall–Kier alpha value is -2.20. The van der Waals surface area contributed by atoms with E-state index in [1.807, 2.05) is 13.1 Å². The molecule has 2 unspecified atom stereocenters. The molecule has 138 valence electrons. The molecule has 4 heteroatoms. The number of hydrogen-bond acceptors (Lipinski definition) is 3. The molecule has 1 saturated heterocycles. The molecule has 0 radical (unpaired) electrons. The zero-order chi connectivity index (χ0) is 18.7. The Morgan fingerprint density at radius 1 is 1.15 bits per heavy atom. The number of piperidine rings is 1. The standard InChI is InChI=1S/C22H28N2O2/c1-15(2)17-7-9-18(10-8-17)21(20-11-6-16(3)13-23-20)24-12-4-5-19(14-24)22(25)26/h6-11,13,15,19,21H,4-5,12,14H2,1-3H3,(H,25,26). The van der Waals surface area contributed by atoms with Gasteiger partial charge in [0.1, 0.15) is 0 Å². The van der Waals surface area contributed by atoms with E-state index in [0.717, 1.165) is 30.6 Å². The number of aromatic nitrogens is 1. The van der Waals surface area contributed by atoms with Gasteiger partial charge in [-0.05, 0) is 55.0 Å². The molecule has 3 rings (SSSR count). The molecule has 2 atom stereocenters. The summed E-state index contributed by atoms with van der Waals surface area (Å²) >= 11 is 0. The molecule has 0 spiro atoms. The number of pyridine rings is 1. The van der Waals surface area contributed by atoms with Crippen molar-refractivity contribution in [1.29, 1.82) is 0 Å². The third kappa shape index (κ3) is 4.13. The second kappa shape index (κ2) is 8.00. The number of likely N-dealkylation sites (tertiary alicyclic amines) is 1. The van der Waals surface area contributed by atoms with Gasteiger partial charge in [-0.1, -0.05) is 44.2 Å². The fraction of sp³-hybridized carbons (Fsp3) is 0.455. The first kappa shape index (κ1) is 18.6. The predicted octanol–water partition coefficient (Wildman–Crippen LogP) is 4.40. The number of aliphatic carboxylic acids is 1. The molecule has 2 heterocycles. The first-order valence-corrected chi connectivity index (χ1v) is 9.45. The molecular formula is C22H28N2O2. The van der Waals surface area contributed by atoms with E-state index in [1.54, 1.807) is 0 Å². The summed E-state index contributed by atoms with van der Waals surface area (Å²) < 4.78 is 0. The third-order valence-electron chi connectivity index (χ3n) is 5.30. The lowest BCUT2D eigenvalue weighted by Crippen LogP contribution is -2.41. The molecule has 1 aromatic carbocycles. The normalized spacial score (nSPS) is 19.5. The van der Waals surface area contributed by atoms with E-state index >= 15 is 0 Å². The van der Waals surface area contributed by atoms with Crippen LogP contribution in [0.4, 0.5) is 0 Å². The number of benzene rings is 1. The van der Waals surface area contributed by atoms with Crippen molar-refractivity contribution in [1.82, 2.24) is 9.88 Å². The van der Waals surface area contributed by atoms with Crippen molar-refractivity contribution >= 4 is 5.97 Å². The van der Waals surface area contributed by atoms with Crippen LogP contribution in [-0.2, 0) is 4.79 Å². The van der Waals surface area contributed by atoms with E-state index in [9.17, 15) is 9.90 Å². The smallest absolute Gasteiger partial charge is 0.307 e. The fourth-order valence-electron chi connectivity index (χ4n) is 3.72. The van der Waals surface area contributed by atoms with E-state index in [-0.39, 0.29) is 12.0 Å². The lowest BCUT2D eigenvalue weighted by molar-refractivity contribution is -0.143. The van der Waals surface area contributed by atoms with Crippen LogP contribution in [0.3, 0.4) is 0 Å². The van der Waals surface area contributed by atoms with Crippen LogP contribution in [0.1, 0.15) is 61.0 Å². The first-order valence-electron chi connectivity index (χ1n) is 9.45. The maximum absolute atomic E-state index is 11.5. The Balaban J connectivity index is 1.96. The molecule has 26 heavy (non-hydrogen) atoms. The summed E-state index contributed by atoms with van der Waals surface area (Å²) in [6.45, 7) is 7.88. The van der Waals surface area contributed by atoms with Gasteiger partial charge in [0, 0.05) is 12.7 Å². The Bertz CT molecular complexity index is 738. The van der Waals surface area contributed by atoms with E-state index in [4.69, 9.17) is 0 Å². The van der Waals surface area contributed by atoms with Gasteiger partial charge >= 0.3 is 5.97 Å². The van der Waals surface area contributed by atoms with Gasteiger partial charge in [0.15, 0.2) is 0 Å². The number of aryl methyl sites for hydroxylation is 1. The molecule has 1 fully saturated rings. The monoisotopic (exact) mass is 352 g/mol. The molecule has 2 aromatic rings. The predicted molar refractivity (Wildman–Crippen MR) is 103 cm³/mol. The third-order valence-corrected chi connectivity index (χ3v) is 5.30. The van der Waals surface area contributed by atoms with Crippen molar-refractivity contribution in [2.45, 2.75) is 45.6 Å². The summed E-state index contributed by atoms with van der Waals surface area (Å²) in [5, 5.41) is 9.47. The summed E-state index contributed by atoms with van der Waals surface area (Å²) in [5.74, 6) is -0.501. The van der Waals surface area contributed by atoms with E-state index in [1.165, 1.54) is 11.1 Å². The largest absolute Gasteiger partial charge is 0.481 e. The highest BCUT2D eigenvalue weighted by molar-refractivity contribution is 5.70. The molecule has 1 N–H and O–H groups in total. The Morgan fingerprint density at radius 3 is 2.42 bits per heavy atom. The molecule has 0 saturated carbocycles. The van der Waals surface area contributed by atoms with Gasteiger partial charge in [0.05, 0.1) is 17.7 Å². The first-order chi connectivity index (χ1) is 12.5. The summed E-state index contributed by atoms with van der Waals surface area (Å²) in [6.07, 6.45) is 3.55. The lowest BCUT2D eigenvalue weighted by Gasteiger charge is -2.37. The maximum Gasteiger partial charge on any atom is 0.307 e. The van der Waals surface area contributed by atoms with Crippen LogP contribution in [0.2, 0.25) is 0 Å². The fourth-order valence-corrected chi connectivity index (χ4v) is 3.72. The van der Waals surface area contributed by atoms with Gasteiger partial charge in [0.2, 0.25) is 0 Å². The number of hydrogen-bond donors (Lipinski definition) is 1. The van der Waals surface area contributed by atoms with E-state index in [2.05, 4.69) is 60.1 Å². The van der Waals surface area contributed by atoms with Gasteiger partial charge in [-0.25, -0.2) is 0 Å². The second-order valence-electron chi connectivity index (χ2n) is 7.66. The Labute approximate surface area is 155 Å². The topological polar surface area (TPSA) is 53.4 Å². The van der Waals surface area contributed by atoms with Gasteiger partial charge < -0.3 is 5.11 Å². The van der Waals surface area contributed by atoms with Crippen LogP contribution in [0.5, 0.6) is 0 Å². The van der Waals surface area contributed by atoms with Gasteiger partial charge in [-0.2, -0.15) is 0 Å². The number of nitrogens with zero attached hydrogens (tertiary/aromatic N) is 2. The van der Waals surface area contributed by atoms with Crippen molar-refractivity contribution < 1.29 is 9.90 Å². The minimum atomic E-state index is -0.694. The maximum atomic E-state index is 11.5. The minimum Gasteiger partial charge on any atom is -0.481 e. The average Bonchev–Trinajstić information content (AvgIpc) is 2.64. The molecule has 1 aliphatic heterocycles. The van der Waals surface area contributed by atoms with Crippen molar-refractivity contribution in [3.05, 3.63) is 65.0 Å². The zero-order valence-corrected chi connectivity index (χ0v) is 15.9. The van der Waals surface area contributed by atoms with Gasteiger partial charge in [-0.15, -0.1) is 0 Å². The Morgan fingerprint density at radius 2 is 1.85 bits per heavy atom. The lowest BCUT2D eigenvalue weighted by atomic mass is 9.92. The van der Waals surface area contributed by atoms with Crippen LogP contribution >= 0.6 is 0 Å². The SMILES string of the molecule is Cc1ccc(C(c2ccc(C(C)C)cc2)N2CCCC(C(=O)O)C2)nc1. The van der Waals surface area contributed by atoms with E-state index in [0.29, 0.717) is 12.5 Å². The molecule has 4 nitrogen and oxygen atoms in total. The van der Waals surface area contributed by atoms with Crippen molar-refractivity contribution in [3.63, 3.8) is 0 Å². The van der Waals surface area contributed by atoms with Crippen LogP contribution < -0.4 is 0 Å². The van der Waals surface area contributed by atoms with Crippen LogP contribution in [0.25, 0.3) is 0 Å². The summed E-state index contributed by atoms with van der Waals surface area (Å²) in [5.41, 5.74) is 4.60. The molecular weight excluding hydrogens is 324 g/mol. The summed E-state index contributed by atoms with van der Waals surface area (Å²) in [6, 6.07) is 12.9. The number of carboxylic acids is 1. The zero-order valence-electron chi connectivity index (χ0n) is 15.9. The minimum absolute atomic E-state index is 0.000961. The van der Waals surface area contributed by atoms with Crippen LogP contribution in [0.15, 0.2) is 42.6 Å².